The summed E-state index contributed by atoms with van der Waals surface area (Å²) in [6.45, 7) is 10.9. The number of nitrogens with one attached hydrogen (secondary N) is 1. The number of rotatable bonds is 7. The molecule has 0 atom stereocenters. The lowest BCUT2D eigenvalue weighted by molar-refractivity contribution is 0.554. The third-order valence-corrected chi connectivity index (χ3v) is 4.28. The molecule has 1 aromatic heterocycles. The lowest BCUT2D eigenvalue weighted by atomic mass is 10.2. The third-order valence-electron chi connectivity index (χ3n) is 1.99. The molecule has 0 aliphatic heterocycles. The zero-order valence-electron chi connectivity index (χ0n) is 10.6. The van der Waals surface area contributed by atoms with Gasteiger partial charge in [-0.1, -0.05) is 27.7 Å². The summed E-state index contributed by atoms with van der Waals surface area (Å²) in [6.07, 6.45) is 2.01. The van der Waals surface area contributed by atoms with Gasteiger partial charge in [-0.3, -0.25) is 0 Å². The predicted molar refractivity (Wildman–Crippen MR) is 75.1 cm³/mol. The topological polar surface area (TPSA) is 24.9 Å². The molecule has 0 aromatic carbocycles. The maximum atomic E-state index is 4.44. The molecular formula is C12H22N2S2. The van der Waals surface area contributed by atoms with Crippen molar-refractivity contribution in [3.8, 4) is 0 Å². The fourth-order valence-electron chi connectivity index (χ4n) is 1.22. The summed E-state index contributed by atoms with van der Waals surface area (Å²) in [4.78, 5) is 5.79. The summed E-state index contributed by atoms with van der Waals surface area (Å²) in [7, 11) is 0. The van der Waals surface area contributed by atoms with Gasteiger partial charge in [0.15, 0.2) is 0 Å². The van der Waals surface area contributed by atoms with Crippen LogP contribution >= 0.6 is 23.1 Å². The smallest absolute Gasteiger partial charge is 0.103 e. The fourth-order valence-corrected chi connectivity index (χ4v) is 2.90. The highest BCUT2D eigenvalue weighted by Gasteiger charge is 2.03. The van der Waals surface area contributed by atoms with E-state index in [1.165, 1.54) is 9.88 Å². The molecule has 1 rings (SSSR count). The Balaban J connectivity index is 2.28. The van der Waals surface area contributed by atoms with Crippen molar-refractivity contribution < 1.29 is 0 Å². The monoisotopic (exact) mass is 258 g/mol. The van der Waals surface area contributed by atoms with Crippen LogP contribution in [0.3, 0.4) is 0 Å². The van der Waals surface area contributed by atoms with Gasteiger partial charge < -0.3 is 5.32 Å². The average molecular weight is 258 g/mol. The molecule has 0 amide bonds. The van der Waals surface area contributed by atoms with Crippen LogP contribution in [0.25, 0.3) is 0 Å². The van der Waals surface area contributed by atoms with Crippen LogP contribution in [-0.2, 0) is 12.3 Å². The zero-order chi connectivity index (χ0) is 12.0. The minimum Gasteiger partial charge on any atom is -0.312 e. The van der Waals surface area contributed by atoms with Crippen molar-refractivity contribution in [1.29, 1.82) is 0 Å². The van der Waals surface area contributed by atoms with Crippen LogP contribution in [0.4, 0.5) is 0 Å². The van der Waals surface area contributed by atoms with Crippen molar-refractivity contribution in [2.75, 3.05) is 6.54 Å². The molecule has 1 N–H and O–H groups in total. The minimum atomic E-state index is 0.686. The Labute approximate surface area is 107 Å². The number of thioether (sulfide) groups is 1. The van der Waals surface area contributed by atoms with E-state index < -0.39 is 0 Å². The van der Waals surface area contributed by atoms with Gasteiger partial charge in [-0.15, -0.1) is 11.3 Å². The molecular weight excluding hydrogens is 236 g/mol. The number of hydrogen-bond donors (Lipinski definition) is 1. The molecule has 2 nitrogen and oxygen atoms in total. The second-order valence-electron chi connectivity index (χ2n) is 4.60. The Hall–Kier alpha value is -0.0600. The Morgan fingerprint density at radius 1 is 1.38 bits per heavy atom. The second kappa shape index (κ2) is 7.30. The number of hydrogen-bond acceptors (Lipinski definition) is 4. The van der Waals surface area contributed by atoms with E-state index in [0.29, 0.717) is 11.2 Å². The first-order valence-electron chi connectivity index (χ1n) is 5.83. The van der Waals surface area contributed by atoms with Crippen LogP contribution in [-0.4, -0.2) is 16.8 Å². The van der Waals surface area contributed by atoms with Gasteiger partial charge >= 0.3 is 0 Å². The van der Waals surface area contributed by atoms with Gasteiger partial charge in [0, 0.05) is 23.4 Å². The number of aromatic nitrogens is 1. The highest BCUT2D eigenvalue weighted by Crippen LogP contribution is 2.21. The third kappa shape index (κ3) is 5.87. The molecule has 1 aromatic rings. The van der Waals surface area contributed by atoms with E-state index in [1.807, 2.05) is 29.3 Å². The van der Waals surface area contributed by atoms with Crippen LogP contribution in [0.1, 0.15) is 37.6 Å². The van der Waals surface area contributed by atoms with Crippen LogP contribution in [0, 0.1) is 5.92 Å². The summed E-state index contributed by atoms with van der Waals surface area (Å²) in [5.74, 6) is 1.76. The van der Waals surface area contributed by atoms with Crippen molar-refractivity contribution in [3.05, 3.63) is 16.1 Å². The van der Waals surface area contributed by atoms with E-state index in [9.17, 15) is 0 Å². The molecule has 92 valence electrons. The standard InChI is InChI=1S/C12H22N2S2/c1-9(2)5-13-6-11-7-14-12(16-11)8-15-10(3)4/h7,9-10,13H,5-6,8H2,1-4H3. The van der Waals surface area contributed by atoms with Gasteiger partial charge in [0.1, 0.15) is 5.01 Å². The molecule has 0 radical (unpaired) electrons. The Morgan fingerprint density at radius 2 is 2.12 bits per heavy atom. The normalized spacial score (nSPS) is 11.6. The SMILES string of the molecule is CC(C)CNCc1cnc(CSC(C)C)s1. The van der Waals surface area contributed by atoms with E-state index >= 15 is 0 Å². The molecule has 0 saturated heterocycles. The highest BCUT2D eigenvalue weighted by atomic mass is 32.2. The van der Waals surface area contributed by atoms with Gasteiger partial charge in [0.05, 0.1) is 0 Å². The molecule has 1 heterocycles. The van der Waals surface area contributed by atoms with Gasteiger partial charge in [-0.2, -0.15) is 11.8 Å². The Morgan fingerprint density at radius 3 is 2.75 bits per heavy atom. The number of nitrogens with zero attached hydrogens (tertiary/aromatic N) is 1. The van der Waals surface area contributed by atoms with Crippen LogP contribution in [0.5, 0.6) is 0 Å². The first-order valence-corrected chi connectivity index (χ1v) is 7.70. The van der Waals surface area contributed by atoms with E-state index in [2.05, 4.69) is 38.0 Å². The predicted octanol–water partition coefficient (Wildman–Crippen LogP) is 3.53. The van der Waals surface area contributed by atoms with Crippen molar-refractivity contribution in [2.24, 2.45) is 5.92 Å². The molecule has 0 fully saturated rings. The van der Waals surface area contributed by atoms with Crippen molar-refractivity contribution in [3.63, 3.8) is 0 Å². The van der Waals surface area contributed by atoms with Gasteiger partial charge in [0.2, 0.25) is 0 Å². The molecule has 16 heavy (non-hydrogen) atoms. The summed E-state index contributed by atoms with van der Waals surface area (Å²) in [5.41, 5.74) is 0. The maximum Gasteiger partial charge on any atom is 0.103 e. The van der Waals surface area contributed by atoms with Crippen molar-refractivity contribution >= 4 is 23.1 Å². The molecule has 0 saturated carbocycles. The average Bonchev–Trinajstić information content (AvgIpc) is 2.62. The van der Waals surface area contributed by atoms with E-state index in [-0.39, 0.29) is 0 Å². The Kier molecular flexibility index (Phi) is 6.39. The summed E-state index contributed by atoms with van der Waals surface area (Å²) in [6, 6.07) is 0. The Bertz CT molecular complexity index is 295. The van der Waals surface area contributed by atoms with E-state index in [0.717, 1.165) is 18.8 Å². The van der Waals surface area contributed by atoms with Gasteiger partial charge in [-0.25, -0.2) is 4.98 Å². The molecule has 0 unspecified atom stereocenters. The lowest BCUT2D eigenvalue weighted by Gasteiger charge is -2.04. The van der Waals surface area contributed by atoms with Crippen LogP contribution in [0.15, 0.2) is 6.20 Å². The fraction of sp³-hybridized carbons (Fsp3) is 0.750. The quantitative estimate of drug-likeness (QED) is 0.810. The van der Waals surface area contributed by atoms with E-state index in [4.69, 9.17) is 0 Å². The van der Waals surface area contributed by atoms with Crippen LogP contribution < -0.4 is 5.32 Å². The van der Waals surface area contributed by atoms with Crippen LogP contribution in [0.2, 0.25) is 0 Å². The van der Waals surface area contributed by atoms with Crippen molar-refractivity contribution in [1.82, 2.24) is 10.3 Å². The zero-order valence-corrected chi connectivity index (χ0v) is 12.3. The maximum absolute atomic E-state index is 4.44. The largest absolute Gasteiger partial charge is 0.312 e. The minimum absolute atomic E-state index is 0.686. The van der Waals surface area contributed by atoms with Crippen molar-refractivity contribution in [2.45, 2.75) is 45.2 Å². The summed E-state index contributed by atoms with van der Waals surface area (Å²) < 4.78 is 0. The van der Waals surface area contributed by atoms with Gasteiger partial charge in [-0.05, 0) is 17.7 Å². The van der Waals surface area contributed by atoms with E-state index in [1.54, 1.807) is 0 Å². The first-order chi connectivity index (χ1) is 7.58. The molecule has 4 heteroatoms. The first kappa shape index (κ1) is 14.0. The number of thiazole rings is 1. The lowest BCUT2D eigenvalue weighted by Crippen LogP contribution is -2.18. The molecule has 0 spiro atoms. The highest BCUT2D eigenvalue weighted by molar-refractivity contribution is 7.99. The van der Waals surface area contributed by atoms with Gasteiger partial charge in [0.25, 0.3) is 0 Å². The molecule has 0 aliphatic carbocycles. The molecule has 0 aliphatic rings. The summed E-state index contributed by atoms with van der Waals surface area (Å²) >= 11 is 3.79. The summed E-state index contributed by atoms with van der Waals surface area (Å²) in [5, 5.41) is 5.38. The molecule has 0 bridgehead atoms. The second-order valence-corrected chi connectivity index (χ2v) is 7.37.